The lowest BCUT2D eigenvalue weighted by Crippen LogP contribution is -2.25. The summed E-state index contributed by atoms with van der Waals surface area (Å²) in [4.78, 5) is 22.3. The molecule has 0 saturated heterocycles. The molecule has 8 heteroatoms. The maximum Gasteiger partial charge on any atom is 0.278 e. The number of hydrogen-bond donors (Lipinski definition) is 1. The van der Waals surface area contributed by atoms with Crippen molar-refractivity contribution in [2.75, 3.05) is 6.61 Å². The van der Waals surface area contributed by atoms with E-state index < -0.39 is 10.8 Å². The molecule has 0 aliphatic rings. The van der Waals surface area contributed by atoms with Crippen LogP contribution in [0.1, 0.15) is 12.5 Å². The van der Waals surface area contributed by atoms with Gasteiger partial charge in [0, 0.05) is 10.5 Å². The van der Waals surface area contributed by atoms with Crippen molar-refractivity contribution in [3.8, 4) is 5.75 Å². The Morgan fingerprint density at radius 2 is 2.04 bits per heavy atom. The van der Waals surface area contributed by atoms with E-state index in [0.29, 0.717) is 17.0 Å². The van der Waals surface area contributed by atoms with Gasteiger partial charge in [0.05, 0.1) is 16.2 Å². The van der Waals surface area contributed by atoms with Gasteiger partial charge >= 0.3 is 0 Å². The highest BCUT2D eigenvalue weighted by Gasteiger charge is 2.14. The first-order valence-corrected chi connectivity index (χ1v) is 7.72. The summed E-state index contributed by atoms with van der Waals surface area (Å²) in [5.74, 6) is 0.0758. The zero-order chi connectivity index (χ0) is 17.5. The molecule has 0 heterocycles. The summed E-state index contributed by atoms with van der Waals surface area (Å²) in [6.07, 6.45) is 0. The van der Waals surface area contributed by atoms with Crippen LogP contribution < -0.4 is 10.2 Å². The number of ether oxygens (including phenoxy) is 1. The van der Waals surface area contributed by atoms with E-state index in [-0.39, 0.29) is 12.3 Å². The largest absolute Gasteiger partial charge is 0.484 e. The summed E-state index contributed by atoms with van der Waals surface area (Å²) >= 11 is 3.31. The topological polar surface area (TPSA) is 93.8 Å². The number of rotatable bonds is 6. The van der Waals surface area contributed by atoms with Gasteiger partial charge in [0.1, 0.15) is 5.75 Å². The summed E-state index contributed by atoms with van der Waals surface area (Å²) in [5.41, 5.74) is 2.93. The van der Waals surface area contributed by atoms with Crippen LogP contribution in [-0.4, -0.2) is 23.1 Å². The predicted octanol–water partition coefficient (Wildman–Crippen LogP) is 3.28. The molecule has 0 radical (unpaired) electrons. The molecule has 1 amide bonds. The quantitative estimate of drug-likeness (QED) is 0.464. The standard InChI is InChI=1S/C16H14BrN3O4/c1-11(14-7-2-3-8-15(14)20(22)23)18-19-16(21)10-24-13-6-4-5-12(17)9-13/h2-9H,10H2,1H3,(H,19,21)/b18-11-. The molecule has 0 aromatic heterocycles. The first kappa shape index (κ1) is 17.6. The van der Waals surface area contributed by atoms with E-state index in [4.69, 9.17) is 4.74 Å². The van der Waals surface area contributed by atoms with Crippen LogP contribution in [0.4, 0.5) is 5.69 Å². The molecule has 7 nitrogen and oxygen atoms in total. The van der Waals surface area contributed by atoms with Gasteiger partial charge in [-0.3, -0.25) is 14.9 Å². The maximum atomic E-state index is 11.8. The van der Waals surface area contributed by atoms with E-state index >= 15 is 0 Å². The highest BCUT2D eigenvalue weighted by atomic mass is 79.9. The van der Waals surface area contributed by atoms with Crippen molar-refractivity contribution in [2.24, 2.45) is 5.10 Å². The lowest BCUT2D eigenvalue weighted by atomic mass is 10.1. The molecule has 0 atom stereocenters. The van der Waals surface area contributed by atoms with E-state index in [1.54, 1.807) is 43.3 Å². The van der Waals surface area contributed by atoms with Crippen LogP contribution in [0.15, 0.2) is 58.1 Å². The van der Waals surface area contributed by atoms with Gasteiger partial charge in [-0.05, 0) is 31.2 Å². The van der Waals surface area contributed by atoms with Gasteiger partial charge < -0.3 is 4.74 Å². The first-order valence-electron chi connectivity index (χ1n) is 6.92. The third-order valence-corrected chi connectivity index (χ3v) is 3.50. The minimum atomic E-state index is -0.494. The Morgan fingerprint density at radius 1 is 1.29 bits per heavy atom. The van der Waals surface area contributed by atoms with Crippen LogP contribution in [0, 0.1) is 10.1 Å². The van der Waals surface area contributed by atoms with Crippen molar-refractivity contribution in [1.82, 2.24) is 5.43 Å². The van der Waals surface area contributed by atoms with Crippen LogP contribution >= 0.6 is 15.9 Å². The molecule has 0 aliphatic carbocycles. The molecule has 0 aliphatic heterocycles. The third-order valence-electron chi connectivity index (χ3n) is 3.00. The molecule has 1 N–H and O–H groups in total. The van der Waals surface area contributed by atoms with Gasteiger partial charge in [0.15, 0.2) is 6.61 Å². The molecule has 124 valence electrons. The summed E-state index contributed by atoms with van der Waals surface area (Å²) < 4.78 is 6.17. The van der Waals surface area contributed by atoms with Gasteiger partial charge in [-0.15, -0.1) is 0 Å². The Morgan fingerprint density at radius 3 is 2.75 bits per heavy atom. The lowest BCUT2D eigenvalue weighted by Gasteiger charge is -2.06. The molecular weight excluding hydrogens is 378 g/mol. The molecule has 0 bridgehead atoms. The molecule has 0 saturated carbocycles. The summed E-state index contributed by atoms with van der Waals surface area (Å²) in [6.45, 7) is 1.36. The fraction of sp³-hybridized carbons (Fsp3) is 0.125. The van der Waals surface area contributed by atoms with Crippen molar-refractivity contribution in [1.29, 1.82) is 0 Å². The number of carbonyl (C=O) groups excluding carboxylic acids is 1. The third kappa shape index (κ3) is 4.88. The Bertz CT molecular complexity index is 792. The summed E-state index contributed by atoms with van der Waals surface area (Å²) in [6, 6.07) is 13.3. The molecule has 2 rings (SSSR count). The number of hydrazone groups is 1. The monoisotopic (exact) mass is 391 g/mol. The van der Waals surface area contributed by atoms with E-state index in [0.717, 1.165) is 4.47 Å². The normalized spacial score (nSPS) is 11.0. The average Bonchev–Trinajstić information content (AvgIpc) is 2.58. The molecule has 0 fully saturated rings. The van der Waals surface area contributed by atoms with E-state index in [1.807, 2.05) is 6.07 Å². The lowest BCUT2D eigenvalue weighted by molar-refractivity contribution is -0.385. The van der Waals surface area contributed by atoms with Crippen molar-refractivity contribution >= 4 is 33.2 Å². The number of amides is 1. The fourth-order valence-corrected chi connectivity index (χ4v) is 2.26. The van der Waals surface area contributed by atoms with E-state index in [2.05, 4.69) is 26.5 Å². The number of nitrogens with zero attached hydrogens (tertiary/aromatic N) is 2. The number of hydrogen-bond acceptors (Lipinski definition) is 5. The molecule has 2 aromatic carbocycles. The minimum absolute atomic E-state index is 0.0709. The van der Waals surface area contributed by atoms with Crippen molar-refractivity contribution < 1.29 is 14.5 Å². The predicted molar refractivity (Wildman–Crippen MR) is 93.1 cm³/mol. The number of nitro benzene ring substituents is 1. The van der Waals surface area contributed by atoms with E-state index in [1.165, 1.54) is 6.07 Å². The maximum absolute atomic E-state index is 11.8. The highest BCUT2D eigenvalue weighted by molar-refractivity contribution is 9.10. The van der Waals surface area contributed by atoms with Gasteiger partial charge in [0.25, 0.3) is 11.6 Å². The Hall–Kier alpha value is -2.74. The van der Waals surface area contributed by atoms with Gasteiger partial charge in [-0.1, -0.05) is 34.1 Å². The molecule has 2 aromatic rings. The van der Waals surface area contributed by atoms with Gasteiger partial charge in [-0.25, -0.2) is 5.43 Å². The zero-order valence-electron chi connectivity index (χ0n) is 12.7. The Balaban J connectivity index is 1.97. The SMILES string of the molecule is C/C(=N/NC(=O)COc1cccc(Br)c1)c1ccccc1[N+](=O)[O-]. The molecule has 0 spiro atoms. The van der Waals surface area contributed by atoms with Gasteiger partial charge in [-0.2, -0.15) is 5.10 Å². The second-order valence-corrected chi connectivity index (χ2v) is 5.67. The first-order chi connectivity index (χ1) is 11.5. The molecule has 0 unspecified atom stereocenters. The van der Waals surface area contributed by atoms with Crippen molar-refractivity contribution in [3.05, 3.63) is 68.7 Å². The highest BCUT2D eigenvalue weighted by Crippen LogP contribution is 2.18. The number of nitrogens with one attached hydrogen (secondary N) is 1. The van der Waals surface area contributed by atoms with Crippen LogP contribution in [0.3, 0.4) is 0 Å². The van der Waals surface area contributed by atoms with Crippen LogP contribution in [0.2, 0.25) is 0 Å². The number of carbonyl (C=O) groups is 1. The van der Waals surface area contributed by atoms with Crippen molar-refractivity contribution in [2.45, 2.75) is 6.92 Å². The number of para-hydroxylation sites is 1. The van der Waals surface area contributed by atoms with Crippen LogP contribution in [0.5, 0.6) is 5.75 Å². The summed E-state index contributed by atoms with van der Waals surface area (Å²) in [7, 11) is 0. The van der Waals surface area contributed by atoms with Crippen LogP contribution in [-0.2, 0) is 4.79 Å². The number of nitro groups is 1. The van der Waals surface area contributed by atoms with Crippen LogP contribution in [0.25, 0.3) is 0 Å². The van der Waals surface area contributed by atoms with Gasteiger partial charge in [0.2, 0.25) is 0 Å². The second kappa shape index (κ2) is 8.21. The number of benzene rings is 2. The number of halogens is 1. The Labute approximate surface area is 146 Å². The average molecular weight is 392 g/mol. The fourth-order valence-electron chi connectivity index (χ4n) is 1.88. The molecule has 24 heavy (non-hydrogen) atoms. The smallest absolute Gasteiger partial charge is 0.278 e. The zero-order valence-corrected chi connectivity index (χ0v) is 14.3. The molecular formula is C16H14BrN3O4. The van der Waals surface area contributed by atoms with E-state index in [9.17, 15) is 14.9 Å². The Kier molecular flexibility index (Phi) is 6.02. The minimum Gasteiger partial charge on any atom is -0.484 e. The van der Waals surface area contributed by atoms with Crippen molar-refractivity contribution in [3.63, 3.8) is 0 Å². The second-order valence-electron chi connectivity index (χ2n) is 4.75. The summed E-state index contributed by atoms with van der Waals surface area (Å²) in [5, 5.41) is 14.9.